The maximum absolute atomic E-state index is 5.34. The molecule has 7 heteroatoms. The third-order valence-corrected chi connectivity index (χ3v) is 4.51. The van der Waals surface area contributed by atoms with Gasteiger partial charge in [0.15, 0.2) is 0 Å². The van der Waals surface area contributed by atoms with Crippen LogP contribution in [0.1, 0.15) is 18.4 Å². The normalized spacial score (nSPS) is 17.1. The van der Waals surface area contributed by atoms with E-state index in [-0.39, 0.29) is 5.41 Å². The number of ether oxygens (including phenoxy) is 2. The largest absolute Gasteiger partial charge is 0.380 e. The van der Waals surface area contributed by atoms with Crippen molar-refractivity contribution in [2.75, 3.05) is 20.3 Å². The number of hydrogen-bond acceptors (Lipinski definition) is 6. The molecule has 0 N–H and O–H groups in total. The topological polar surface area (TPSA) is 62.1 Å². The molecule has 0 aliphatic carbocycles. The molecule has 3 heterocycles. The van der Waals surface area contributed by atoms with Gasteiger partial charge in [-0.25, -0.2) is 4.98 Å². The second kappa shape index (κ2) is 5.59. The first-order chi connectivity index (χ1) is 9.74. The van der Waals surface area contributed by atoms with Gasteiger partial charge < -0.3 is 9.47 Å². The summed E-state index contributed by atoms with van der Waals surface area (Å²) in [6.45, 7) is 5.21. The predicted molar refractivity (Wildman–Crippen MR) is 75.4 cm³/mol. The van der Waals surface area contributed by atoms with Crippen LogP contribution < -0.4 is 0 Å². The fourth-order valence-electron chi connectivity index (χ4n) is 2.25. The minimum atomic E-state index is 0.230. The Morgan fingerprint density at radius 2 is 2.30 bits per heavy atom. The molecule has 2 aromatic rings. The number of methoxy groups -OCH3 is 1. The molecule has 0 bridgehead atoms. The van der Waals surface area contributed by atoms with Gasteiger partial charge in [0, 0.05) is 17.9 Å². The Balaban J connectivity index is 1.72. The Hall–Kier alpha value is -1.31. The van der Waals surface area contributed by atoms with Gasteiger partial charge in [-0.15, -0.1) is 16.4 Å². The number of aromatic nitrogens is 4. The molecule has 1 fully saturated rings. The van der Waals surface area contributed by atoms with Crippen LogP contribution in [0.25, 0.3) is 11.4 Å². The first-order valence-electron chi connectivity index (χ1n) is 6.66. The summed E-state index contributed by atoms with van der Waals surface area (Å²) in [4.78, 5) is 4.49. The van der Waals surface area contributed by atoms with E-state index in [1.54, 1.807) is 18.4 Å². The lowest BCUT2D eigenvalue weighted by molar-refractivity contribution is -0.125. The van der Waals surface area contributed by atoms with Gasteiger partial charge in [0.2, 0.25) is 0 Å². The quantitative estimate of drug-likeness (QED) is 0.815. The van der Waals surface area contributed by atoms with Crippen molar-refractivity contribution in [3.63, 3.8) is 0 Å². The van der Waals surface area contributed by atoms with Gasteiger partial charge in [-0.3, -0.25) is 4.68 Å². The minimum absolute atomic E-state index is 0.230. The van der Waals surface area contributed by atoms with Gasteiger partial charge >= 0.3 is 0 Å². The van der Waals surface area contributed by atoms with Crippen molar-refractivity contribution in [2.45, 2.75) is 26.5 Å². The molecular formula is C13H18N4O2S. The zero-order valence-electron chi connectivity index (χ0n) is 11.7. The molecule has 1 aliphatic heterocycles. The maximum Gasteiger partial charge on any atom is 0.132 e. The molecule has 0 saturated carbocycles. The maximum atomic E-state index is 5.34. The van der Waals surface area contributed by atoms with Crippen molar-refractivity contribution < 1.29 is 9.47 Å². The summed E-state index contributed by atoms with van der Waals surface area (Å²) in [5.41, 5.74) is 1.91. The SMILES string of the molecule is CCC1(Cn2cc(-c3csc(COC)n3)nn2)COC1. The molecule has 6 nitrogen and oxygen atoms in total. The molecule has 0 spiro atoms. The van der Waals surface area contributed by atoms with Crippen LogP contribution >= 0.6 is 11.3 Å². The molecule has 0 radical (unpaired) electrons. The van der Waals surface area contributed by atoms with E-state index in [0.29, 0.717) is 6.61 Å². The third-order valence-electron chi connectivity index (χ3n) is 3.68. The number of nitrogens with zero attached hydrogens (tertiary/aromatic N) is 4. The van der Waals surface area contributed by atoms with Crippen molar-refractivity contribution in [1.29, 1.82) is 0 Å². The van der Waals surface area contributed by atoms with Crippen LogP contribution in [-0.2, 0) is 22.6 Å². The van der Waals surface area contributed by atoms with Crippen molar-refractivity contribution in [3.05, 3.63) is 16.6 Å². The van der Waals surface area contributed by atoms with E-state index in [9.17, 15) is 0 Å². The van der Waals surface area contributed by atoms with Crippen LogP contribution in [0, 0.1) is 5.41 Å². The molecule has 0 amide bonds. The van der Waals surface area contributed by atoms with Gasteiger partial charge in [-0.05, 0) is 6.42 Å². The van der Waals surface area contributed by atoms with Crippen LogP contribution in [0.5, 0.6) is 0 Å². The lowest BCUT2D eigenvalue weighted by Crippen LogP contribution is -2.45. The van der Waals surface area contributed by atoms with Crippen LogP contribution in [0.2, 0.25) is 0 Å². The molecular weight excluding hydrogens is 276 g/mol. The molecule has 1 saturated heterocycles. The molecule has 20 heavy (non-hydrogen) atoms. The molecule has 0 atom stereocenters. The standard InChI is InChI=1S/C13H18N4O2S/c1-3-13(8-19-9-13)7-17-4-10(15-16-17)11-6-20-12(14-11)5-18-2/h4,6H,3,5,7-9H2,1-2H3. The second-order valence-corrected chi connectivity index (χ2v) is 6.15. The summed E-state index contributed by atoms with van der Waals surface area (Å²) in [5, 5.41) is 11.4. The van der Waals surface area contributed by atoms with Crippen LogP contribution in [0.15, 0.2) is 11.6 Å². The van der Waals surface area contributed by atoms with Gasteiger partial charge in [0.05, 0.1) is 32.6 Å². The summed E-state index contributed by atoms with van der Waals surface area (Å²) in [7, 11) is 1.67. The van der Waals surface area contributed by atoms with Crippen molar-refractivity contribution >= 4 is 11.3 Å². The Kier molecular flexibility index (Phi) is 3.82. The zero-order chi connectivity index (χ0) is 14.0. The van der Waals surface area contributed by atoms with Crippen LogP contribution in [-0.4, -0.2) is 40.3 Å². The van der Waals surface area contributed by atoms with Gasteiger partial charge in [-0.1, -0.05) is 12.1 Å². The zero-order valence-corrected chi connectivity index (χ0v) is 12.5. The first-order valence-corrected chi connectivity index (χ1v) is 7.54. The fraction of sp³-hybridized carbons (Fsp3) is 0.615. The van der Waals surface area contributed by atoms with E-state index in [4.69, 9.17) is 9.47 Å². The summed E-state index contributed by atoms with van der Waals surface area (Å²) < 4.78 is 12.3. The van der Waals surface area contributed by atoms with Crippen LogP contribution in [0.3, 0.4) is 0 Å². The average molecular weight is 294 g/mol. The summed E-state index contributed by atoms with van der Waals surface area (Å²) >= 11 is 1.58. The average Bonchev–Trinajstić information content (AvgIpc) is 3.03. The van der Waals surface area contributed by atoms with E-state index in [1.807, 2.05) is 16.3 Å². The number of thiazole rings is 1. The Bertz CT molecular complexity index is 571. The highest BCUT2D eigenvalue weighted by Gasteiger charge is 2.37. The van der Waals surface area contributed by atoms with Crippen LogP contribution in [0.4, 0.5) is 0 Å². The Labute approximate surface area is 121 Å². The van der Waals surface area contributed by atoms with Gasteiger partial charge in [0.25, 0.3) is 0 Å². The monoisotopic (exact) mass is 294 g/mol. The Morgan fingerprint density at radius 3 is 2.95 bits per heavy atom. The lowest BCUT2D eigenvalue weighted by atomic mass is 9.83. The van der Waals surface area contributed by atoms with Crippen molar-refractivity contribution in [2.24, 2.45) is 5.41 Å². The highest BCUT2D eigenvalue weighted by molar-refractivity contribution is 7.09. The van der Waals surface area contributed by atoms with Crippen molar-refractivity contribution in [1.82, 2.24) is 20.0 Å². The molecule has 108 valence electrons. The van der Waals surface area contributed by atoms with Gasteiger partial charge in [0.1, 0.15) is 16.4 Å². The number of hydrogen-bond donors (Lipinski definition) is 0. The highest BCUT2D eigenvalue weighted by Crippen LogP contribution is 2.33. The van der Waals surface area contributed by atoms with E-state index in [2.05, 4.69) is 22.2 Å². The highest BCUT2D eigenvalue weighted by atomic mass is 32.1. The number of rotatable bonds is 6. The first kappa shape index (κ1) is 13.7. The molecule has 0 unspecified atom stereocenters. The van der Waals surface area contributed by atoms with E-state index >= 15 is 0 Å². The van der Waals surface area contributed by atoms with E-state index in [1.165, 1.54) is 0 Å². The summed E-state index contributed by atoms with van der Waals surface area (Å²) in [6, 6.07) is 0. The summed E-state index contributed by atoms with van der Waals surface area (Å²) in [5.74, 6) is 0. The molecule has 0 aromatic carbocycles. The second-order valence-electron chi connectivity index (χ2n) is 5.21. The minimum Gasteiger partial charge on any atom is -0.380 e. The lowest BCUT2D eigenvalue weighted by Gasteiger charge is -2.40. The van der Waals surface area contributed by atoms with Crippen molar-refractivity contribution in [3.8, 4) is 11.4 Å². The molecule has 1 aliphatic rings. The Morgan fingerprint density at radius 1 is 1.45 bits per heavy atom. The molecule has 3 rings (SSSR count). The third kappa shape index (κ3) is 2.61. The predicted octanol–water partition coefficient (Wildman–Crippen LogP) is 1.97. The van der Waals surface area contributed by atoms with Gasteiger partial charge in [-0.2, -0.15) is 0 Å². The molecule has 2 aromatic heterocycles. The van der Waals surface area contributed by atoms with E-state index in [0.717, 1.165) is 42.6 Å². The fourth-order valence-corrected chi connectivity index (χ4v) is 3.01. The summed E-state index contributed by atoms with van der Waals surface area (Å²) in [6.07, 6.45) is 3.05. The van der Waals surface area contributed by atoms with E-state index < -0.39 is 0 Å². The smallest absolute Gasteiger partial charge is 0.132 e.